The van der Waals surface area contributed by atoms with Crippen LogP contribution >= 0.6 is 0 Å². The smallest absolute Gasteiger partial charge is 0.259 e. The van der Waals surface area contributed by atoms with Gasteiger partial charge < -0.3 is 20.1 Å². The lowest BCUT2D eigenvalue weighted by molar-refractivity contribution is -0.128. The van der Waals surface area contributed by atoms with Crippen LogP contribution in [0.1, 0.15) is 23.1 Å². The molecular formula is C24H24F2N4O3. The van der Waals surface area contributed by atoms with Gasteiger partial charge in [-0.1, -0.05) is 24.3 Å². The van der Waals surface area contributed by atoms with Crippen molar-refractivity contribution in [1.29, 1.82) is 5.41 Å². The number of amidine groups is 1. The second kappa shape index (κ2) is 10.1. The SMILES string of the molecule is Cc1c(F)c(Oc2cccc(CCC(=O)N(C)C)c2)nc(Oc2cccc(C(=N)N)c2)c1F. The normalized spacial score (nSPS) is 10.6. The van der Waals surface area contributed by atoms with E-state index >= 15 is 0 Å². The molecule has 0 bridgehead atoms. The van der Waals surface area contributed by atoms with Crippen LogP contribution in [0.4, 0.5) is 8.78 Å². The topological polar surface area (TPSA) is 102 Å². The van der Waals surface area contributed by atoms with Crippen molar-refractivity contribution in [3.05, 3.63) is 76.9 Å². The molecule has 0 radical (unpaired) electrons. The number of benzene rings is 2. The molecule has 0 fully saturated rings. The number of aryl methyl sites for hydroxylation is 1. The minimum atomic E-state index is -0.968. The number of nitrogens with one attached hydrogen (secondary N) is 1. The summed E-state index contributed by atoms with van der Waals surface area (Å²) in [6.07, 6.45) is 0.795. The highest BCUT2D eigenvalue weighted by molar-refractivity contribution is 5.95. The van der Waals surface area contributed by atoms with Gasteiger partial charge in [-0.25, -0.2) is 8.78 Å². The Morgan fingerprint density at radius 3 is 2.18 bits per heavy atom. The zero-order valence-corrected chi connectivity index (χ0v) is 18.5. The molecule has 0 unspecified atom stereocenters. The van der Waals surface area contributed by atoms with Gasteiger partial charge in [-0.3, -0.25) is 10.2 Å². The third kappa shape index (κ3) is 5.82. The molecule has 0 saturated heterocycles. The minimum absolute atomic E-state index is 0.0150. The number of nitrogens with two attached hydrogens (primary N) is 1. The summed E-state index contributed by atoms with van der Waals surface area (Å²) in [5.41, 5.74) is 6.36. The van der Waals surface area contributed by atoms with E-state index in [0.29, 0.717) is 18.4 Å². The Kier molecular flexibility index (Phi) is 7.22. The molecule has 0 aliphatic carbocycles. The van der Waals surface area contributed by atoms with Crippen molar-refractivity contribution in [2.75, 3.05) is 14.1 Å². The molecule has 0 saturated carbocycles. The van der Waals surface area contributed by atoms with Gasteiger partial charge >= 0.3 is 0 Å². The van der Waals surface area contributed by atoms with Crippen molar-refractivity contribution in [1.82, 2.24) is 9.88 Å². The number of amides is 1. The van der Waals surface area contributed by atoms with Crippen molar-refractivity contribution in [3.8, 4) is 23.3 Å². The summed E-state index contributed by atoms with van der Waals surface area (Å²) in [6.45, 7) is 1.25. The number of rotatable bonds is 8. The standard InChI is InChI=1S/C24H24F2N4O3/c1-14-20(25)23(32-17-8-4-6-15(12-17)10-11-19(31)30(2)3)29-24(21(14)26)33-18-9-5-7-16(13-18)22(27)28/h4-9,12-13H,10-11H2,1-3H3,(H3,27,28). The van der Waals surface area contributed by atoms with Gasteiger partial charge in [0.05, 0.1) is 0 Å². The highest BCUT2D eigenvalue weighted by Gasteiger charge is 2.21. The molecule has 3 rings (SSSR count). The summed E-state index contributed by atoms with van der Waals surface area (Å²) < 4.78 is 40.4. The molecule has 3 N–H and O–H groups in total. The van der Waals surface area contributed by atoms with Crippen LogP contribution in [0.3, 0.4) is 0 Å². The summed E-state index contributed by atoms with van der Waals surface area (Å²) in [6, 6.07) is 13.0. The van der Waals surface area contributed by atoms with Crippen LogP contribution in [0.25, 0.3) is 0 Å². The van der Waals surface area contributed by atoms with E-state index in [1.165, 1.54) is 24.0 Å². The predicted molar refractivity (Wildman–Crippen MR) is 120 cm³/mol. The van der Waals surface area contributed by atoms with E-state index in [1.54, 1.807) is 44.4 Å². The molecular weight excluding hydrogens is 430 g/mol. The maximum atomic E-state index is 14.7. The minimum Gasteiger partial charge on any atom is -0.436 e. The van der Waals surface area contributed by atoms with Crippen LogP contribution < -0.4 is 15.2 Å². The van der Waals surface area contributed by atoms with Gasteiger partial charge in [0.2, 0.25) is 5.91 Å². The summed E-state index contributed by atoms with van der Waals surface area (Å²) in [4.78, 5) is 17.2. The average Bonchev–Trinajstić information content (AvgIpc) is 2.79. The molecule has 0 spiro atoms. The summed E-state index contributed by atoms with van der Waals surface area (Å²) in [5.74, 6) is -2.58. The van der Waals surface area contributed by atoms with Crippen LogP contribution in [0.15, 0.2) is 48.5 Å². The Morgan fingerprint density at radius 2 is 1.61 bits per heavy atom. The van der Waals surface area contributed by atoms with Gasteiger partial charge in [0.25, 0.3) is 11.8 Å². The quantitative estimate of drug-likeness (QED) is 0.384. The average molecular weight is 454 g/mol. The Bertz CT molecular complexity index is 1200. The molecule has 1 heterocycles. The second-order valence-electron chi connectivity index (χ2n) is 7.56. The van der Waals surface area contributed by atoms with Gasteiger partial charge in [-0.05, 0) is 43.2 Å². The molecule has 9 heteroatoms. The number of hydrogen-bond acceptors (Lipinski definition) is 5. The van der Waals surface area contributed by atoms with E-state index in [1.807, 2.05) is 6.07 Å². The lowest BCUT2D eigenvalue weighted by Crippen LogP contribution is -2.21. The number of carbonyl (C=O) groups excluding carboxylic acids is 1. The third-order valence-corrected chi connectivity index (χ3v) is 4.84. The van der Waals surface area contributed by atoms with Gasteiger partial charge in [-0.15, -0.1) is 0 Å². The number of nitrogens with zero attached hydrogens (tertiary/aromatic N) is 2. The van der Waals surface area contributed by atoms with Crippen LogP contribution in [-0.2, 0) is 11.2 Å². The van der Waals surface area contributed by atoms with Crippen molar-refractivity contribution in [2.24, 2.45) is 5.73 Å². The van der Waals surface area contributed by atoms with Gasteiger partial charge in [0.1, 0.15) is 17.3 Å². The number of pyridine rings is 1. The summed E-state index contributed by atoms with van der Waals surface area (Å²) in [5, 5.41) is 7.51. The number of ether oxygens (including phenoxy) is 2. The van der Waals surface area contributed by atoms with E-state index in [9.17, 15) is 13.6 Å². The van der Waals surface area contributed by atoms with E-state index in [-0.39, 0.29) is 28.8 Å². The van der Waals surface area contributed by atoms with Crippen LogP contribution in [-0.4, -0.2) is 35.7 Å². The second-order valence-corrected chi connectivity index (χ2v) is 7.56. The van der Waals surface area contributed by atoms with Crippen molar-refractivity contribution < 1.29 is 23.0 Å². The molecule has 7 nitrogen and oxygen atoms in total. The molecule has 1 amide bonds. The molecule has 172 valence electrons. The first kappa shape index (κ1) is 23.6. The van der Waals surface area contributed by atoms with Crippen LogP contribution in [0.2, 0.25) is 0 Å². The van der Waals surface area contributed by atoms with Gasteiger partial charge in [-0.2, -0.15) is 4.98 Å². The molecule has 0 atom stereocenters. The molecule has 33 heavy (non-hydrogen) atoms. The maximum absolute atomic E-state index is 14.7. The predicted octanol–water partition coefficient (Wildman–Crippen LogP) is 4.56. The van der Waals surface area contributed by atoms with Crippen molar-refractivity contribution >= 4 is 11.7 Å². The summed E-state index contributed by atoms with van der Waals surface area (Å²) in [7, 11) is 3.37. The first-order valence-corrected chi connectivity index (χ1v) is 10.1. The van der Waals surface area contributed by atoms with E-state index < -0.39 is 23.4 Å². The first-order valence-electron chi connectivity index (χ1n) is 10.1. The Balaban J connectivity index is 1.85. The molecule has 0 aliphatic rings. The fourth-order valence-electron chi connectivity index (χ4n) is 2.93. The largest absolute Gasteiger partial charge is 0.436 e. The Labute approximate surface area is 190 Å². The molecule has 1 aromatic heterocycles. The number of carbonyl (C=O) groups is 1. The van der Waals surface area contributed by atoms with Crippen molar-refractivity contribution in [3.63, 3.8) is 0 Å². The number of halogens is 2. The van der Waals surface area contributed by atoms with Crippen LogP contribution in [0.5, 0.6) is 23.3 Å². The fraction of sp³-hybridized carbons (Fsp3) is 0.208. The zero-order chi connectivity index (χ0) is 24.1. The van der Waals surface area contributed by atoms with Crippen LogP contribution in [0, 0.1) is 24.0 Å². The third-order valence-electron chi connectivity index (χ3n) is 4.84. The Hall–Kier alpha value is -4.01. The lowest BCUT2D eigenvalue weighted by atomic mass is 10.1. The molecule has 0 aliphatic heterocycles. The molecule has 3 aromatic rings. The van der Waals surface area contributed by atoms with E-state index in [2.05, 4.69) is 4.98 Å². The zero-order valence-electron chi connectivity index (χ0n) is 18.5. The number of aromatic nitrogens is 1. The van der Waals surface area contributed by atoms with Gasteiger partial charge in [0, 0.05) is 31.6 Å². The van der Waals surface area contributed by atoms with E-state index in [0.717, 1.165) is 5.56 Å². The fourth-order valence-corrected chi connectivity index (χ4v) is 2.93. The van der Waals surface area contributed by atoms with Gasteiger partial charge in [0.15, 0.2) is 11.6 Å². The number of hydrogen-bond donors (Lipinski definition) is 2. The Morgan fingerprint density at radius 1 is 1.03 bits per heavy atom. The first-order chi connectivity index (χ1) is 15.7. The maximum Gasteiger partial charge on any atom is 0.259 e. The summed E-state index contributed by atoms with van der Waals surface area (Å²) >= 11 is 0. The van der Waals surface area contributed by atoms with Crippen molar-refractivity contribution in [2.45, 2.75) is 19.8 Å². The highest BCUT2D eigenvalue weighted by atomic mass is 19.1. The lowest BCUT2D eigenvalue weighted by Gasteiger charge is -2.13. The van der Waals surface area contributed by atoms with E-state index in [4.69, 9.17) is 20.6 Å². The highest BCUT2D eigenvalue weighted by Crippen LogP contribution is 2.33. The molecule has 2 aromatic carbocycles. The number of nitrogen functional groups attached to an aromatic ring is 1. The monoisotopic (exact) mass is 454 g/mol.